The molecule has 0 spiro atoms. The second-order valence-electron chi connectivity index (χ2n) is 5.94. The van der Waals surface area contributed by atoms with Gasteiger partial charge in [0.1, 0.15) is 12.1 Å². The van der Waals surface area contributed by atoms with Crippen molar-refractivity contribution in [1.29, 1.82) is 0 Å². The first-order chi connectivity index (χ1) is 12.2. The third-order valence-electron chi connectivity index (χ3n) is 4.03. The minimum absolute atomic E-state index is 0.136. The van der Waals surface area contributed by atoms with Crippen LogP contribution in [-0.2, 0) is 4.74 Å². The number of hydrogen-bond acceptors (Lipinski definition) is 7. The fourth-order valence-electron chi connectivity index (χ4n) is 2.90. The molecular formula is C17H19N7O. The van der Waals surface area contributed by atoms with Crippen LogP contribution >= 0.6 is 0 Å². The summed E-state index contributed by atoms with van der Waals surface area (Å²) in [4.78, 5) is 13.2. The average molecular weight is 337 g/mol. The van der Waals surface area contributed by atoms with Gasteiger partial charge >= 0.3 is 0 Å². The topological polar surface area (TPSA) is 89.3 Å². The largest absolute Gasteiger partial charge is 0.383 e. The van der Waals surface area contributed by atoms with Gasteiger partial charge < -0.3 is 15.4 Å². The number of aromatic nitrogens is 5. The molecule has 0 radical (unpaired) electrons. The van der Waals surface area contributed by atoms with Crippen LogP contribution in [0.25, 0.3) is 11.2 Å². The highest BCUT2D eigenvalue weighted by Gasteiger charge is 2.17. The SMILES string of the molecule is COC[C@H](C)Nc1ncc2c(n1)NCC=C2c1ccc2ncnn2c1. The van der Waals surface area contributed by atoms with Crippen molar-refractivity contribution in [3.63, 3.8) is 0 Å². The van der Waals surface area contributed by atoms with Crippen LogP contribution < -0.4 is 10.6 Å². The number of anilines is 2. The van der Waals surface area contributed by atoms with Crippen molar-refractivity contribution >= 4 is 23.0 Å². The molecule has 8 nitrogen and oxygen atoms in total. The lowest BCUT2D eigenvalue weighted by Gasteiger charge is -2.20. The van der Waals surface area contributed by atoms with Crippen LogP contribution in [0.4, 0.5) is 11.8 Å². The fraction of sp³-hybridized carbons (Fsp3) is 0.294. The second kappa shape index (κ2) is 6.48. The van der Waals surface area contributed by atoms with Crippen LogP contribution in [0.3, 0.4) is 0 Å². The van der Waals surface area contributed by atoms with Crippen molar-refractivity contribution in [2.24, 2.45) is 0 Å². The van der Waals surface area contributed by atoms with Gasteiger partial charge in [0.05, 0.1) is 6.61 Å². The number of methoxy groups -OCH3 is 1. The third-order valence-corrected chi connectivity index (χ3v) is 4.03. The molecule has 128 valence electrons. The molecule has 0 amide bonds. The Balaban J connectivity index is 1.65. The highest BCUT2D eigenvalue weighted by molar-refractivity contribution is 5.87. The van der Waals surface area contributed by atoms with Crippen LogP contribution in [0.1, 0.15) is 18.1 Å². The smallest absolute Gasteiger partial charge is 0.224 e. The number of nitrogens with one attached hydrogen (secondary N) is 2. The summed E-state index contributed by atoms with van der Waals surface area (Å²) in [6, 6.07) is 4.13. The molecular weight excluding hydrogens is 318 g/mol. The van der Waals surface area contributed by atoms with Gasteiger partial charge in [-0.1, -0.05) is 6.08 Å². The Bertz CT molecular complexity index is 934. The quantitative estimate of drug-likeness (QED) is 0.734. The van der Waals surface area contributed by atoms with E-state index in [2.05, 4.69) is 36.8 Å². The molecule has 3 aromatic heterocycles. The monoisotopic (exact) mass is 337 g/mol. The van der Waals surface area contributed by atoms with E-state index >= 15 is 0 Å². The van der Waals surface area contributed by atoms with Crippen molar-refractivity contribution < 1.29 is 4.74 Å². The molecule has 4 heterocycles. The number of rotatable bonds is 5. The van der Waals surface area contributed by atoms with E-state index in [9.17, 15) is 0 Å². The predicted molar refractivity (Wildman–Crippen MR) is 95.5 cm³/mol. The van der Waals surface area contributed by atoms with Gasteiger partial charge in [-0.2, -0.15) is 10.1 Å². The normalized spacial score (nSPS) is 14.6. The summed E-state index contributed by atoms with van der Waals surface area (Å²) in [7, 11) is 1.68. The number of fused-ring (bicyclic) bond motifs is 2. The summed E-state index contributed by atoms with van der Waals surface area (Å²) in [5.74, 6) is 1.40. The van der Waals surface area contributed by atoms with E-state index in [0.717, 1.165) is 28.2 Å². The van der Waals surface area contributed by atoms with E-state index in [1.807, 2.05) is 31.5 Å². The standard InChI is InChI=1S/C17H19N7O/c1-11(9-25-2)22-17-19-7-14-13(5-6-18-16(14)23-17)12-3-4-15-20-10-21-24(15)8-12/h3-5,7-8,10-11H,6,9H2,1-2H3,(H2,18,19,22,23)/t11-/m0/s1. The highest BCUT2D eigenvalue weighted by Crippen LogP contribution is 2.31. The summed E-state index contributed by atoms with van der Waals surface area (Å²) in [5.41, 5.74) is 3.93. The van der Waals surface area contributed by atoms with Crippen LogP contribution in [0, 0.1) is 0 Å². The number of hydrogen-bond donors (Lipinski definition) is 2. The van der Waals surface area contributed by atoms with Crippen molar-refractivity contribution in [3.05, 3.63) is 48.1 Å². The summed E-state index contributed by atoms with van der Waals surface area (Å²) in [6.07, 6.45) is 7.49. The zero-order valence-electron chi connectivity index (χ0n) is 14.1. The number of ether oxygens (including phenoxy) is 1. The molecule has 0 saturated heterocycles. The summed E-state index contributed by atoms with van der Waals surface area (Å²) >= 11 is 0. The second-order valence-corrected chi connectivity index (χ2v) is 5.94. The lowest BCUT2D eigenvalue weighted by atomic mass is 9.98. The maximum Gasteiger partial charge on any atom is 0.224 e. The fourth-order valence-corrected chi connectivity index (χ4v) is 2.90. The van der Waals surface area contributed by atoms with Gasteiger partial charge in [-0.25, -0.2) is 14.5 Å². The molecule has 0 bridgehead atoms. The van der Waals surface area contributed by atoms with E-state index in [-0.39, 0.29) is 6.04 Å². The molecule has 0 saturated carbocycles. The van der Waals surface area contributed by atoms with Gasteiger partial charge in [0.15, 0.2) is 5.65 Å². The van der Waals surface area contributed by atoms with Crippen molar-refractivity contribution in [1.82, 2.24) is 24.6 Å². The van der Waals surface area contributed by atoms with Crippen LogP contribution in [-0.4, -0.2) is 50.9 Å². The Morgan fingerprint density at radius 1 is 1.36 bits per heavy atom. The molecule has 1 atom stereocenters. The van der Waals surface area contributed by atoms with E-state index in [1.54, 1.807) is 18.0 Å². The zero-order valence-corrected chi connectivity index (χ0v) is 14.1. The molecule has 25 heavy (non-hydrogen) atoms. The Morgan fingerprint density at radius 2 is 2.28 bits per heavy atom. The lowest BCUT2D eigenvalue weighted by molar-refractivity contribution is 0.190. The zero-order chi connectivity index (χ0) is 17.2. The van der Waals surface area contributed by atoms with Crippen LogP contribution in [0.5, 0.6) is 0 Å². The van der Waals surface area contributed by atoms with Crippen LogP contribution in [0.2, 0.25) is 0 Å². The highest BCUT2D eigenvalue weighted by atomic mass is 16.5. The first-order valence-electron chi connectivity index (χ1n) is 8.11. The number of pyridine rings is 1. The summed E-state index contributed by atoms with van der Waals surface area (Å²) in [6.45, 7) is 3.33. The molecule has 0 aliphatic carbocycles. The van der Waals surface area contributed by atoms with Gasteiger partial charge in [-0.3, -0.25) is 0 Å². The van der Waals surface area contributed by atoms with E-state index in [1.165, 1.54) is 0 Å². The van der Waals surface area contributed by atoms with E-state index < -0.39 is 0 Å². The van der Waals surface area contributed by atoms with Crippen molar-refractivity contribution in [3.8, 4) is 0 Å². The van der Waals surface area contributed by atoms with Crippen molar-refractivity contribution in [2.75, 3.05) is 30.9 Å². The molecule has 1 aliphatic rings. The number of nitrogens with zero attached hydrogens (tertiary/aromatic N) is 5. The van der Waals surface area contributed by atoms with Gasteiger partial charge in [0.2, 0.25) is 5.95 Å². The molecule has 0 fully saturated rings. The Kier molecular flexibility index (Phi) is 4.02. The maximum atomic E-state index is 5.14. The van der Waals surface area contributed by atoms with Gasteiger partial charge in [-0.15, -0.1) is 0 Å². The van der Waals surface area contributed by atoms with E-state index in [4.69, 9.17) is 4.74 Å². The Hall–Kier alpha value is -3.00. The molecule has 8 heteroatoms. The van der Waals surface area contributed by atoms with Crippen molar-refractivity contribution in [2.45, 2.75) is 13.0 Å². The van der Waals surface area contributed by atoms with E-state index in [0.29, 0.717) is 19.1 Å². The first kappa shape index (κ1) is 15.5. The molecule has 0 aromatic carbocycles. The molecule has 0 unspecified atom stereocenters. The van der Waals surface area contributed by atoms with Gasteiger partial charge in [0, 0.05) is 43.2 Å². The lowest BCUT2D eigenvalue weighted by Crippen LogP contribution is -2.23. The Morgan fingerprint density at radius 3 is 3.16 bits per heavy atom. The molecule has 4 rings (SSSR count). The average Bonchev–Trinajstić information content (AvgIpc) is 3.09. The minimum Gasteiger partial charge on any atom is -0.383 e. The minimum atomic E-state index is 0.136. The predicted octanol–water partition coefficient (Wildman–Crippen LogP) is 1.82. The third kappa shape index (κ3) is 3.03. The Labute approximate surface area is 145 Å². The maximum absolute atomic E-state index is 5.14. The molecule has 3 aromatic rings. The summed E-state index contributed by atoms with van der Waals surface area (Å²) in [5, 5.41) is 10.7. The van der Waals surface area contributed by atoms with Gasteiger partial charge in [0.25, 0.3) is 0 Å². The van der Waals surface area contributed by atoms with Gasteiger partial charge in [-0.05, 0) is 24.6 Å². The molecule has 2 N–H and O–H groups in total. The first-order valence-corrected chi connectivity index (χ1v) is 8.11. The summed E-state index contributed by atoms with van der Waals surface area (Å²) < 4.78 is 6.90. The van der Waals surface area contributed by atoms with Crippen LogP contribution in [0.15, 0.2) is 36.9 Å². The molecule has 1 aliphatic heterocycles.